The second-order valence-corrected chi connectivity index (χ2v) is 13.1. The monoisotopic (exact) mass is 613 g/mol. The Bertz CT molecular complexity index is 1710. The molecule has 44 heavy (non-hydrogen) atoms. The number of nitrogens with zero attached hydrogens (tertiary/aromatic N) is 6. The third-order valence-electron chi connectivity index (χ3n) is 7.22. The van der Waals surface area contributed by atoms with Crippen LogP contribution in [0.5, 0.6) is 11.5 Å². The van der Waals surface area contributed by atoms with E-state index >= 15 is 4.39 Å². The minimum atomic E-state index is -0.529. The number of fused-ring (bicyclic) bond motifs is 1. The second-order valence-electron chi connectivity index (χ2n) is 12.0. The Balaban J connectivity index is 1.37. The summed E-state index contributed by atoms with van der Waals surface area (Å²) in [7, 11) is 0. The molecule has 228 valence electrons. The molecular weight excluding hydrogens is 577 g/mol. The number of anilines is 1. The number of benzene rings is 2. The molecule has 1 atom stereocenters. The lowest BCUT2D eigenvalue weighted by Crippen LogP contribution is -2.41. The Morgan fingerprint density at radius 3 is 2.73 bits per heavy atom. The maximum atomic E-state index is 15.6. The van der Waals surface area contributed by atoms with Crippen LogP contribution in [-0.4, -0.2) is 55.2 Å². The number of amides is 1. The highest BCUT2D eigenvalue weighted by molar-refractivity contribution is 7.99. The summed E-state index contributed by atoms with van der Waals surface area (Å²) in [6, 6.07) is 15.6. The summed E-state index contributed by atoms with van der Waals surface area (Å²) in [5.41, 5.74) is 7.67. The Morgan fingerprint density at radius 1 is 1.20 bits per heavy atom. The van der Waals surface area contributed by atoms with Gasteiger partial charge in [-0.3, -0.25) is 4.79 Å². The number of nitriles is 1. The third kappa shape index (κ3) is 7.19. The fourth-order valence-electron chi connectivity index (χ4n) is 5.17. The number of thioether (sulfide) groups is 1. The molecule has 0 saturated carbocycles. The normalized spacial score (nSPS) is 15.8. The number of nitrogens with two attached hydrogens (primary N) is 1. The van der Waals surface area contributed by atoms with Crippen LogP contribution in [-0.2, 0) is 4.79 Å². The number of para-hydroxylation sites is 1. The van der Waals surface area contributed by atoms with Crippen molar-refractivity contribution in [2.45, 2.75) is 46.1 Å². The van der Waals surface area contributed by atoms with Gasteiger partial charge in [0.1, 0.15) is 46.8 Å². The first-order chi connectivity index (χ1) is 21.1. The molecule has 2 aromatic heterocycles. The Kier molecular flexibility index (Phi) is 9.49. The molecule has 9 nitrogen and oxygen atoms in total. The summed E-state index contributed by atoms with van der Waals surface area (Å²) in [6.45, 7) is 7.44. The van der Waals surface area contributed by atoms with Gasteiger partial charge in [-0.05, 0) is 60.4 Å². The first kappa shape index (κ1) is 31.0. The number of aromatic nitrogens is 4. The SMILES string of the molecule is CC(C)(C)CSCC/C=C(\C#N)C(=O)N1CCCC(n2nc(-c3ccc(Oc4ccccc4)cc3F)c3c(N)ncnc32)C1. The largest absolute Gasteiger partial charge is 0.457 e. The maximum Gasteiger partial charge on any atom is 0.264 e. The second kappa shape index (κ2) is 13.5. The van der Waals surface area contributed by atoms with Crippen molar-refractivity contribution in [2.24, 2.45) is 5.41 Å². The molecule has 1 fully saturated rings. The standard InChI is InChI=1S/C33H36FN7O2S/c1-33(2,3)20-44-16-8-9-22(18-35)32(42)40-15-7-10-23(19-40)41-31-28(30(36)37-21-38-31)29(39-41)26-14-13-25(17-27(26)34)43-24-11-5-4-6-12-24/h4-6,9,11-14,17,21,23H,7-8,10,15-16,19-20H2,1-3H3,(H2,36,37,38)/b22-9+. The van der Waals surface area contributed by atoms with Crippen molar-refractivity contribution in [3.05, 3.63) is 72.3 Å². The Labute approximate surface area is 260 Å². The van der Waals surface area contributed by atoms with Crippen LogP contribution in [0.15, 0.2) is 66.5 Å². The molecule has 0 spiro atoms. The molecule has 3 heterocycles. The molecule has 1 aliphatic heterocycles. The van der Waals surface area contributed by atoms with Crippen molar-refractivity contribution in [3.63, 3.8) is 0 Å². The van der Waals surface area contributed by atoms with Gasteiger partial charge in [-0.2, -0.15) is 22.1 Å². The van der Waals surface area contributed by atoms with Gasteiger partial charge in [0.15, 0.2) is 5.65 Å². The van der Waals surface area contributed by atoms with E-state index in [1.807, 2.05) is 30.0 Å². The van der Waals surface area contributed by atoms with Crippen LogP contribution in [0.3, 0.4) is 0 Å². The topological polar surface area (TPSA) is 123 Å². The van der Waals surface area contributed by atoms with Crippen LogP contribution in [0, 0.1) is 22.6 Å². The number of hydrogen-bond donors (Lipinski definition) is 1. The van der Waals surface area contributed by atoms with Gasteiger partial charge >= 0.3 is 0 Å². The van der Waals surface area contributed by atoms with E-state index in [-0.39, 0.29) is 34.3 Å². The summed E-state index contributed by atoms with van der Waals surface area (Å²) in [5, 5.41) is 15.0. The van der Waals surface area contributed by atoms with Gasteiger partial charge in [0.05, 0.1) is 11.4 Å². The zero-order valence-corrected chi connectivity index (χ0v) is 26.0. The molecule has 0 aliphatic carbocycles. The number of likely N-dealkylation sites (tertiary alicyclic amines) is 1. The zero-order chi connectivity index (χ0) is 31.3. The van der Waals surface area contributed by atoms with Gasteiger partial charge in [0, 0.05) is 24.7 Å². The number of halogens is 1. The van der Waals surface area contributed by atoms with Crippen molar-refractivity contribution < 1.29 is 13.9 Å². The minimum Gasteiger partial charge on any atom is -0.457 e. The predicted molar refractivity (Wildman–Crippen MR) is 172 cm³/mol. The molecule has 0 radical (unpaired) electrons. The van der Waals surface area contributed by atoms with Crippen LogP contribution in [0.2, 0.25) is 0 Å². The van der Waals surface area contributed by atoms with Crippen molar-refractivity contribution in [1.29, 1.82) is 5.26 Å². The summed E-state index contributed by atoms with van der Waals surface area (Å²) in [6.07, 6.45) is 5.19. The molecule has 5 rings (SSSR count). The zero-order valence-electron chi connectivity index (χ0n) is 25.2. The molecule has 4 aromatic rings. The van der Waals surface area contributed by atoms with E-state index < -0.39 is 5.82 Å². The number of piperidine rings is 1. The van der Waals surface area contributed by atoms with E-state index in [1.165, 1.54) is 12.4 Å². The van der Waals surface area contributed by atoms with Gasteiger partial charge in [0.2, 0.25) is 0 Å². The molecule has 1 unspecified atom stereocenters. The van der Waals surface area contributed by atoms with Gasteiger partial charge < -0.3 is 15.4 Å². The molecule has 1 amide bonds. The summed E-state index contributed by atoms with van der Waals surface area (Å²) < 4.78 is 23.1. The molecule has 1 aliphatic rings. The fraction of sp³-hybridized carbons (Fsp3) is 0.364. The van der Waals surface area contributed by atoms with E-state index in [0.717, 1.165) is 17.9 Å². The lowest BCUT2D eigenvalue weighted by Gasteiger charge is -2.32. The van der Waals surface area contributed by atoms with Gasteiger partial charge in [-0.1, -0.05) is 45.0 Å². The van der Waals surface area contributed by atoms with Crippen LogP contribution < -0.4 is 10.5 Å². The van der Waals surface area contributed by atoms with E-state index in [2.05, 4.69) is 36.8 Å². The highest BCUT2D eigenvalue weighted by Gasteiger charge is 2.30. The molecule has 11 heteroatoms. The first-order valence-electron chi connectivity index (χ1n) is 14.6. The maximum absolute atomic E-state index is 15.6. The first-order valence-corrected chi connectivity index (χ1v) is 15.8. The number of carbonyl (C=O) groups excluding carboxylic acids is 1. The highest BCUT2D eigenvalue weighted by atomic mass is 32.2. The summed E-state index contributed by atoms with van der Waals surface area (Å²) in [5.74, 6) is 2.16. The van der Waals surface area contributed by atoms with E-state index in [1.54, 1.807) is 39.9 Å². The molecule has 2 N–H and O–H groups in total. The van der Waals surface area contributed by atoms with Crippen molar-refractivity contribution in [1.82, 2.24) is 24.6 Å². The average molecular weight is 614 g/mol. The molecular formula is C33H36FN7O2S. The average Bonchev–Trinajstić information content (AvgIpc) is 3.39. The van der Waals surface area contributed by atoms with Crippen LogP contribution >= 0.6 is 11.8 Å². The lowest BCUT2D eigenvalue weighted by molar-refractivity contribution is -0.128. The van der Waals surface area contributed by atoms with E-state index in [0.29, 0.717) is 54.2 Å². The van der Waals surface area contributed by atoms with Gasteiger partial charge in [0.25, 0.3) is 5.91 Å². The van der Waals surface area contributed by atoms with E-state index in [4.69, 9.17) is 15.6 Å². The highest BCUT2D eigenvalue weighted by Crippen LogP contribution is 2.36. The van der Waals surface area contributed by atoms with E-state index in [9.17, 15) is 10.1 Å². The van der Waals surface area contributed by atoms with Gasteiger partial charge in [-0.25, -0.2) is 19.0 Å². The molecule has 2 aromatic carbocycles. The number of ether oxygens (including phenoxy) is 1. The van der Waals surface area contributed by atoms with Crippen LogP contribution in [0.4, 0.5) is 10.2 Å². The quantitative estimate of drug-likeness (QED) is 0.124. The molecule has 0 bridgehead atoms. The number of hydrogen-bond acceptors (Lipinski definition) is 8. The van der Waals surface area contributed by atoms with Crippen molar-refractivity contribution in [3.8, 4) is 28.8 Å². The van der Waals surface area contributed by atoms with Crippen molar-refractivity contribution >= 4 is 34.5 Å². The smallest absolute Gasteiger partial charge is 0.264 e. The Hall–Kier alpha value is -4.43. The number of rotatable bonds is 9. The predicted octanol–water partition coefficient (Wildman–Crippen LogP) is 6.79. The number of carbonyl (C=O) groups is 1. The summed E-state index contributed by atoms with van der Waals surface area (Å²) >= 11 is 1.82. The summed E-state index contributed by atoms with van der Waals surface area (Å²) in [4.78, 5) is 23.7. The minimum absolute atomic E-state index is 0.152. The van der Waals surface area contributed by atoms with Crippen LogP contribution in [0.1, 0.15) is 46.1 Å². The van der Waals surface area contributed by atoms with Crippen molar-refractivity contribution in [2.75, 3.05) is 30.3 Å². The van der Waals surface area contributed by atoms with Gasteiger partial charge in [-0.15, -0.1) is 0 Å². The lowest BCUT2D eigenvalue weighted by atomic mass is 10.0. The Morgan fingerprint density at radius 2 is 2.00 bits per heavy atom. The number of allylic oxidation sites excluding steroid dienone is 1. The molecule has 1 saturated heterocycles. The third-order valence-corrected chi connectivity index (χ3v) is 8.81. The fourth-order valence-corrected chi connectivity index (χ4v) is 6.21. The van der Waals surface area contributed by atoms with Crippen LogP contribution in [0.25, 0.3) is 22.3 Å². The number of nitrogen functional groups attached to an aromatic ring is 1.